The van der Waals surface area contributed by atoms with Gasteiger partial charge in [0, 0.05) is 25.1 Å². The van der Waals surface area contributed by atoms with E-state index >= 15 is 0 Å². The maximum absolute atomic E-state index is 11.9. The highest BCUT2D eigenvalue weighted by atomic mass is 32.1. The Bertz CT molecular complexity index is 706. The van der Waals surface area contributed by atoms with E-state index in [1.54, 1.807) is 0 Å². The van der Waals surface area contributed by atoms with Crippen molar-refractivity contribution in [2.45, 2.75) is 39.7 Å². The lowest BCUT2D eigenvalue weighted by atomic mass is 10.2. The number of amides is 1. The van der Waals surface area contributed by atoms with Crippen molar-refractivity contribution >= 4 is 18.1 Å². The molecule has 0 saturated carbocycles. The van der Waals surface area contributed by atoms with Crippen molar-refractivity contribution in [2.75, 3.05) is 13.2 Å². The summed E-state index contributed by atoms with van der Waals surface area (Å²) < 4.78 is 7.82. The van der Waals surface area contributed by atoms with E-state index in [0.29, 0.717) is 24.3 Å². The highest BCUT2D eigenvalue weighted by Crippen LogP contribution is 2.21. The SMILES string of the molecule is CCCCNC(=O)CCn1c(-c2ccc(OCC)cc2)n[nH]c1=S. The molecule has 130 valence electrons. The molecule has 2 aromatic rings. The lowest BCUT2D eigenvalue weighted by molar-refractivity contribution is -0.121. The lowest BCUT2D eigenvalue weighted by Gasteiger charge is -2.08. The molecule has 0 aliphatic carbocycles. The first-order valence-corrected chi connectivity index (χ1v) is 8.71. The van der Waals surface area contributed by atoms with Crippen molar-refractivity contribution in [2.24, 2.45) is 0 Å². The first-order valence-electron chi connectivity index (χ1n) is 8.30. The summed E-state index contributed by atoms with van der Waals surface area (Å²) in [5.41, 5.74) is 0.928. The molecular weight excluding hydrogens is 324 g/mol. The summed E-state index contributed by atoms with van der Waals surface area (Å²) in [6.45, 7) is 5.89. The zero-order chi connectivity index (χ0) is 17.4. The number of nitrogens with zero attached hydrogens (tertiary/aromatic N) is 2. The quantitative estimate of drug-likeness (QED) is 0.539. The van der Waals surface area contributed by atoms with E-state index in [2.05, 4.69) is 22.4 Å². The lowest BCUT2D eigenvalue weighted by Crippen LogP contribution is -2.25. The number of aromatic nitrogens is 3. The van der Waals surface area contributed by atoms with Crippen LogP contribution in [0.15, 0.2) is 24.3 Å². The van der Waals surface area contributed by atoms with Gasteiger partial charge >= 0.3 is 0 Å². The minimum atomic E-state index is 0.0317. The highest BCUT2D eigenvalue weighted by molar-refractivity contribution is 7.71. The summed E-state index contributed by atoms with van der Waals surface area (Å²) in [6, 6.07) is 7.68. The number of benzene rings is 1. The monoisotopic (exact) mass is 348 g/mol. The number of nitrogens with one attached hydrogen (secondary N) is 2. The van der Waals surface area contributed by atoms with Crippen LogP contribution in [0.4, 0.5) is 0 Å². The second-order valence-corrected chi connectivity index (χ2v) is 5.80. The normalized spacial score (nSPS) is 10.6. The molecule has 1 heterocycles. The van der Waals surface area contributed by atoms with E-state index in [9.17, 15) is 4.79 Å². The third-order valence-electron chi connectivity index (χ3n) is 3.60. The standard InChI is InChI=1S/C17H24N4O2S/c1-3-5-11-18-15(22)10-12-21-16(19-20-17(21)24)13-6-8-14(9-7-13)23-4-2/h6-9H,3-5,10-12H2,1-2H3,(H,18,22)(H,20,24). The van der Waals surface area contributed by atoms with Crippen LogP contribution in [0.2, 0.25) is 0 Å². The molecule has 0 spiro atoms. The van der Waals surface area contributed by atoms with E-state index < -0.39 is 0 Å². The van der Waals surface area contributed by atoms with E-state index in [1.165, 1.54) is 0 Å². The fourth-order valence-electron chi connectivity index (χ4n) is 2.32. The number of hydrogen-bond acceptors (Lipinski definition) is 4. The Morgan fingerprint density at radius 1 is 1.33 bits per heavy atom. The van der Waals surface area contributed by atoms with Gasteiger partial charge in [-0.1, -0.05) is 13.3 Å². The van der Waals surface area contributed by atoms with Crippen molar-refractivity contribution in [3.63, 3.8) is 0 Å². The third kappa shape index (κ3) is 4.92. The average molecular weight is 348 g/mol. The highest BCUT2D eigenvalue weighted by Gasteiger charge is 2.10. The first-order chi connectivity index (χ1) is 11.7. The van der Waals surface area contributed by atoms with Gasteiger partial charge in [-0.3, -0.25) is 14.5 Å². The average Bonchev–Trinajstić information content (AvgIpc) is 2.95. The molecule has 0 bridgehead atoms. The second-order valence-electron chi connectivity index (χ2n) is 5.41. The van der Waals surface area contributed by atoms with Crippen LogP contribution in [-0.4, -0.2) is 33.8 Å². The molecule has 1 amide bonds. The Morgan fingerprint density at radius 3 is 2.75 bits per heavy atom. The number of rotatable bonds is 9. The maximum Gasteiger partial charge on any atom is 0.221 e. The van der Waals surface area contributed by atoms with Crippen molar-refractivity contribution in [1.82, 2.24) is 20.1 Å². The van der Waals surface area contributed by atoms with Crippen LogP contribution in [0.25, 0.3) is 11.4 Å². The molecular formula is C17H24N4O2S. The summed E-state index contributed by atoms with van der Waals surface area (Å²) in [7, 11) is 0. The van der Waals surface area contributed by atoms with Gasteiger partial charge in [0.1, 0.15) is 5.75 Å². The van der Waals surface area contributed by atoms with Crippen molar-refractivity contribution < 1.29 is 9.53 Å². The molecule has 24 heavy (non-hydrogen) atoms. The zero-order valence-electron chi connectivity index (χ0n) is 14.2. The summed E-state index contributed by atoms with van der Waals surface area (Å²) in [4.78, 5) is 11.9. The number of unbranched alkanes of at least 4 members (excludes halogenated alkanes) is 1. The molecule has 0 aliphatic rings. The van der Waals surface area contributed by atoms with E-state index in [0.717, 1.165) is 36.5 Å². The Balaban J connectivity index is 2.05. The minimum Gasteiger partial charge on any atom is -0.494 e. The smallest absolute Gasteiger partial charge is 0.221 e. The molecule has 2 rings (SSSR count). The summed E-state index contributed by atoms with van der Waals surface area (Å²) >= 11 is 5.29. The van der Waals surface area contributed by atoms with E-state index in [-0.39, 0.29) is 5.91 Å². The van der Waals surface area contributed by atoms with Gasteiger partial charge in [-0.05, 0) is 49.8 Å². The molecule has 0 saturated heterocycles. The van der Waals surface area contributed by atoms with Crippen molar-refractivity contribution in [1.29, 1.82) is 0 Å². The summed E-state index contributed by atoms with van der Waals surface area (Å²) in [6.07, 6.45) is 2.44. The number of H-pyrrole nitrogens is 1. The van der Waals surface area contributed by atoms with Crippen LogP contribution in [-0.2, 0) is 11.3 Å². The van der Waals surface area contributed by atoms with Gasteiger partial charge in [-0.2, -0.15) is 5.10 Å². The molecule has 0 fully saturated rings. The Morgan fingerprint density at radius 2 is 2.08 bits per heavy atom. The molecule has 0 unspecified atom stereocenters. The fourth-order valence-corrected chi connectivity index (χ4v) is 2.54. The molecule has 7 heteroatoms. The molecule has 6 nitrogen and oxygen atoms in total. The van der Waals surface area contributed by atoms with Crippen LogP contribution in [0.3, 0.4) is 0 Å². The van der Waals surface area contributed by atoms with Crippen LogP contribution in [0.5, 0.6) is 5.75 Å². The van der Waals surface area contributed by atoms with Crippen LogP contribution in [0, 0.1) is 4.77 Å². The van der Waals surface area contributed by atoms with Gasteiger partial charge < -0.3 is 10.1 Å². The van der Waals surface area contributed by atoms with Crippen molar-refractivity contribution in [3.05, 3.63) is 29.0 Å². The number of carbonyl (C=O) groups excluding carboxylic acids is 1. The van der Waals surface area contributed by atoms with Gasteiger partial charge in [0.25, 0.3) is 0 Å². The van der Waals surface area contributed by atoms with E-state index in [1.807, 2.05) is 35.8 Å². The van der Waals surface area contributed by atoms with Gasteiger partial charge in [0.05, 0.1) is 6.61 Å². The topological polar surface area (TPSA) is 71.9 Å². The zero-order valence-corrected chi connectivity index (χ0v) is 15.0. The number of carbonyl (C=O) groups is 1. The third-order valence-corrected chi connectivity index (χ3v) is 3.91. The van der Waals surface area contributed by atoms with Crippen molar-refractivity contribution in [3.8, 4) is 17.1 Å². The van der Waals surface area contributed by atoms with E-state index in [4.69, 9.17) is 17.0 Å². The summed E-state index contributed by atoms with van der Waals surface area (Å²) in [5.74, 6) is 1.57. The number of hydrogen-bond donors (Lipinski definition) is 2. The number of aromatic amines is 1. The van der Waals surface area contributed by atoms with Crippen LogP contribution < -0.4 is 10.1 Å². The molecule has 1 aromatic carbocycles. The summed E-state index contributed by atoms with van der Waals surface area (Å²) in [5, 5.41) is 10.0. The van der Waals surface area contributed by atoms with Gasteiger partial charge in [0.15, 0.2) is 10.6 Å². The largest absolute Gasteiger partial charge is 0.494 e. The molecule has 0 radical (unpaired) electrons. The fraction of sp³-hybridized carbons (Fsp3) is 0.471. The second kappa shape index (κ2) is 9.22. The molecule has 0 atom stereocenters. The first kappa shape index (κ1) is 18.2. The Labute approximate surface area is 147 Å². The van der Waals surface area contributed by atoms with Gasteiger partial charge in [0.2, 0.25) is 5.91 Å². The Hall–Kier alpha value is -2.15. The van der Waals surface area contributed by atoms with Crippen LogP contribution >= 0.6 is 12.2 Å². The van der Waals surface area contributed by atoms with Gasteiger partial charge in [-0.15, -0.1) is 0 Å². The predicted molar refractivity (Wildman–Crippen MR) is 96.6 cm³/mol. The Kier molecular flexibility index (Phi) is 6.99. The number of ether oxygens (including phenoxy) is 1. The van der Waals surface area contributed by atoms with Gasteiger partial charge in [-0.25, -0.2) is 0 Å². The predicted octanol–water partition coefficient (Wildman–Crippen LogP) is 3.31. The molecule has 0 aliphatic heterocycles. The molecule has 1 aromatic heterocycles. The minimum absolute atomic E-state index is 0.0317. The van der Waals surface area contributed by atoms with Crippen LogP contribution in [0.1, 0.15) is 33.1 Å². The maximum atomic E-state index is 11.9. The molecule has 2 N–H and O–H groups in total.